The molecule has 0 atom stereocenters. The van der Waals surface area contributed by atoms with E-state index in [9.17, 15) is 0 Å². The molecule has 0 aliphatic carbocycles. The molecule has 0 amide bonds. The molecule has 0 saturated heterocycles. The largest absolute Gasteiger partial charge is 0.354 e. The Balaban J connectivity index is 3.19. The summed E-state index contributed by atoms with van der Waals surface area (Å²) in [6, 6.07) is 8.55. The normalized spacial score (nSPS) is 9.88. The molecule has 16 heavy (non-hydrogen) atoms. The van der Waals surface area contributed by atoms with Gasteiger partial charge in [-0.25, -0.2) is 4.58 Å². The topological polar surface area (TPSA) is 9.49 Å². The van der Waals surface area contributed by atoms with Gasteiger partial charge in [0, 0.05) is 0 Å². The van der Waals surface area contributed by atoms with E-state index in [2.05, 4.69) is 80.8 Å². The van der Waals surface area contributed by atoms with Gasteiger partial charge < -0.3 is 0 Å². The van der Waals surface area contributed by atoms with Crippen LogP contribution in [0.5, 0.6) is 0 Å². The zero-order valence-corrected chi connectivity index (χ0v) is 11.2. The van der Waals surface area contributed by atoms with Gasteiger partial charge in [0.25, 0.3) is 0 Å². The SMILES string of the molecule is Cc1ccc([N+](C)=C(N(C)C)N(C)C)cc1. The second kappa shape index (κ2) is 5.01. The highest BCUT2D eigenvalue weighted by Gasteiger charge is 2.16. The van der Waals surface area contributed by atoms with Gasteiger partial charge in [-0.15, -0.1) is 0 Å². The number of benzene rings is 1. The summed E-state index contributed by atoms with van der Waals surface area (Å²) in [5.41, 5.74) is 2.48. The quantitative estimate of drug-likeness (QED) is 0.405. The molecule has 3 heteroatoms. The lowest BCUT2D eigenvalue weighted by atomic mass is 10.2. The van der Waals surface area contributed by atoms with Crippen LogP contribution in [0.4, 0.5) is 5.69 Å². The van der Waals surface area contributed by atoms with Gasteiger partial charge in [0.05, 0.1) is 35.2 Å². The number of hydrogen-bond acceptors (Lipinski definition) is 0. The Morgan fingerprint density at radius 1 is 0.938 bits per heavy atom. The predicted octanol–water partition coefficient (Wildman–Crippen LogP) is 1.75. The van der Waals surface area contributed by atoms with Gasteiger partial charge in [0.2, 0.25) is 0 Å². The van der Waals surface area contributed by atoms with Crippen LogP contribution in [0.25, 0.3) is 0 Å². The van der Waals surface area contributed by atoms with Gasteiger partial charge in [-0.1, -0.05) is 17.7 Å². The number of hydrogen-bond donors (Lipinski definition) is 0. The predicted molar refractivity (Wildman–Crippen MR) is 69.4 cm³/mol. The summed E-state index contributed by atoms with van der Waals surface area (Å²) in [7, 11) is 10.3. The van der Waals surface area contributed by atoms with Crippen LogP contribution >= 0.6 is 0 Å². The van der Waals surface area contributed by atoms with E-state index in [1.807, 2.05) is 0 Å². The molecule has 0 aliphatic rings. The van der Waals surface area contributed by atoms with Gasteiger partial charge >= 0.3 is 5.96 Å². The maximum atomic E-state index is 2.18. The van der Waals surface area contributed by atoms with E-state index in [1.54, 1.807) is 0 Å². The van der Waals surface area contributed by atoms with Crippen LogP contribution in [0, 0.1) is 6.92 Å². The van der Waals surface area contributed by atoms with Crippen molar-refractivity contribution in [3.8, 4) is 0 Å². The molecule has 3 nitrogen and oxygen atoms in total. The Morgan fingerprint density at radius 3 is 1.75 bits per heavy atom. The third-order valence-electron chi connectivity index (χ3n) is 2.52. The Hall–Kier alpha value is -1.51. The summed E-state index contributed by atoms with van der Waals surface area (Å²) in [5.74, 6) is 1.16. The Bertz CT molecular complexity index is 365. The molecule has 0 saturated carbocycles. The molecular weight excluding hydrogens is 198 g/mol. The zero-order valence-electron chi connectivity index (χ0n) is 11.2. The Morgan fingerprint density at radius 2 is 1.38 bits per heavy atom. The molecule has 1 aromatic carbocycles. The van der Waals surface area contributed by atoms with E-state index < -0.39 is 0 Å². The van der Waals surface area contributed by atoms with Crippen molar-refractivity contribution in [1.29, 1.82) is 0 Å². The maximum Gasteiger partial charge on any atom is 0.354 e. The van der Waals surface area contributed by atoms with E-state index in [0.717, 1.165) is 5.96 Å². The Kier molecular flexibility index (Phi) is 3.93. The Labute approximate surface area is 98.6 Å². The van der Waals surface area contributed by atoms with E-state index in [1.165, 1.54) is 11.3 Å². The molecular formula is C13H22N3+. The number of nitrogens with zero attached hydrogens (tertiary/aromatic N) is 3. The highest BCUT2D eigenvalue weighted by molar-refractivity contribution is 5.75. The standard InChI is InChI=1S/C13H22N3/c1-11-7-9-12(10-8-11)16(6)13(14(2)3)15(4)5/h7-10H,1-6H3/q+1. The smallest absolute Gasteiger partial charge is 0.270 e. The van der Waals surface area contributed by atoms with Crippen molar-refractivity contribution in [3.63, 3.8) is 0 Å². The van der Waals surface area contributed by atoms with Crippen LogP contribution in [-0.4, -0.2) is 55.6 Å². The van der Waals surface area contributed by atoms with Crippen molar-refractivity contribution in [2.24, 2.45) is 0 Å². The fourth-order valence-electron chi connectivity index (χ4n) is 1.88. The molecule has 0 bridgehead atoms. The highest BCUT2D eigenvalue weighted by atomic mass is 15.4. The van der Waals surface area contributed by atoms with Gasteiger partial charge in [-0.3, -0.25) is 9.80 Å². The number of aryl methyl sites for hydroxylation is 1. The van der Waals surface area contributed by atoms with Crippen molar-refractivity contribution in [2.75, 3.05) is 35.2 Å². The minimum Gasteiger partial charge on any atom is -0.270 e. The van der Waals surface area contributed by atoms with Crippen molar-refractivity contribution in [1.82, 2.24) is 9.80 Å². The van der Waals surface area contributed by atoms with Gasteiger partial charge in [-0.2, -0.15) is 0 Å². The highest BCUT2D eigenvalue weighted by Crippen LogP contribution is 2.12. The average molecular weight is 220 g/mol. The summed E-state index contributed by atoms with van der Waals surface area (Å²) in [5, 5.41) is 0. The molecule has 0 N–H and O–H groups in total. The minimum atomic E-state index is 1.16. The van der Waals surface area contributed by atoms with E-state index in [0.29, 0.717) is 0 Å². The van der Waals surface area contributed by atoms with Gasteiger partial charge in [0.1, 0.15) is 5.69 Å². The van der Waals surface area contributed by atoms with Crippen LogP contribution in [0.3, 0.4) is 0 Å². The monoisotopic (exact) mass is 220 g/mol. The van der Waals surface area contributed by atoms with Crippen molar-refractivity contribution in [3.05, 3.63) is 29.8 Å². The lowest BCUT2D eigenvalue weighted by molar-refractivity contribution is -0.417. The fourth-order valence-corrected chi connectivity index (χ4v) is 1.88. The van der Waals surface area contributed by atoms with E-state index >= 15 is 0 Å². The summed E-state index contributed by atoms with van der Waals surface area (Å²) in [6.45, 7) is 2.10. The molecule has 0 unspecified atom stereocenters. The third kappa shape index (κ3) is 2.75. The molecule has 0 fully saturated rings. The first-order chi connectivity index (χ1) is 7.43. The molecule has 0 heterocycles. The third-order valence-corrected chi connectivity index (χ3v) is 2.52. The fraction of sp³-hybridized carbons (Fsp3) is 0.462. The van der Waals surface area contributed by atoms with Gasteiger partial charge in [0.15, 0.2) is 0 Å². The zero-order chi connectivity index (χ0) is 12.3. The van der Waals surface area contributed by atoms with Crippen LogP contribution < -0.4 is 0 Å². The summed E-state index contributed by atoms with van der Waals surface area (Å²) in [6.07, 6.45) is 0. The van der Waals surface area contributed by atoms with Crippen LogP contribution in [0.1, 0.15) is 5.56 Å². The summed E-state index contributed by atoms with van der Waals surface area (Å²) < 4.78 is 2.18. The molecule has 0 spiro atoms. The van der Waals surface area contributed by atoms with Crippen LogP contribution in [0.15, 0.2) is 24.3 Å². The molecule has 0 aromatic heterocycles. The molecule has 1 aromatic rings. The molecule has 0 aliphatic heterocycles. The first-order valence-electron chi connectivity index (χ1n) is 5.45. The maximum absolute atomic E-state index is 2.18. The number of rotatable bonds is 1. The lowest BCUT2D eigenvalue weighted by Crippen LogP contribution is -2.40. The molecule has 0 radical (unpaired) electrons. The van der Waals surface area contributed by atoms with Crippen molar-refractivity contribution in [2.45, 2.75) is 6.92 Å². The second-order valence-corrected chi connectivity index (χ2v) is 4.48. The lowest BCUT2D eigenvalue weighted by Gasteiger charge is -2.19. The van der Waals surface area contributed by atoms with E-state index in [4.69, 9.17) is 0 Å². The van der Waals surface area contributed by atoms with Crippen LogP contribution in [-0.2, 0) is 0 Å². The van der Waals surface area contributed by atoms with Crippen molar-refractivity contribution >= 4 is 11.6 Å². The summed E-state index contributed by atoms with van der Waals surface area (Å²) in [4.78, 5) is 4.22. The van der Waals surface area contributed by atoms with Crippen molar-refractivity contribution < 1.29 is 4.58 Å². The van der Waals surface area contributed by atoms with E-state index in [-0.39, 0.29) is 0 Å². The molecule has 88 valence electrons. The first-order valence-corrected chi connectivity index (χ1v) is 5.45. The second-order valence-electron chi connectivity index (χ2n) is 4.48. The minimum absolute atomic E-state index is 1.16. The molecule has 1 rings (SSSR count). The first kappa shape index (κ1) is 12.6. The average Bonchev–Trinajstić information content (AvgIpc) is 2.17. The summed E-state index contributed by atoms with van der Waals surface area (Å²) >= 11 is 0. The number of guanidine groups is 1. The van der Waals surface area contributed by atoms with Crippen LogP contribution in [0.2, 0.25) is 0 Å². The van der Waals surface area contributed by atoms with Gasteiger partial charge in [-0.05, 0) is 19.1 Å².